The Balaban J connectivity index is 1.83. The number of rotatable bonds is 3. The Kier molecular flexibility index (Phi) is 4.33. The first-order chi connectivity index (χ1) is 10.9. The van der Waals surface area contributed by atoms with Crippen LogP contribution < -0.4 is 9.62 Å². The molecule has 0 radical (unpaired) electrons. The molecular weight excluding hydrogens is 314 g/mol. The van der Waals surface area contributed by atoms with Gasteiger partial charge in [0.05, 0.1) is 11.4 Å². The lowest BCUT2D eigenvalue weighted by Gasteiger charge is -2.25. The van der Waals surface area contributed by atoms with Crippen molar-refractivity contribution in [2.75, 3.05) is 36.7 Å². The fourth-order valence-corrected chi connectivity index (χ4v) is 4.94. The van der Waals surface area contributed by atoms with Crippen LogP contribution in [0.15, 0.2) is 18.2 Å². The molecule has 0 aliphatic carbocycles. The van der Waals surface area contributed by atoms with Gasteiger partial charge in [0.25, 0.3) is 5.91 Å². The molecule has 2 aliphatic rings. The molecule has 1 amide bonds. The first-order valence-electron chi connectivity index (χ1n) is 7.99. The third-order valence-corrected chi connectivity index (χ3v) is 6.57. The minimum atomic E-state index is -3.20. The van der Waals surface area contributed by atoms with Gasteiger partial charge in [0.15, 0.2) is 0 Å². The number of benzene rings is 1. The van der Waals surface area contributed by atoms with E-state index in [0.717, 1.165) is 25.1 Å². The van der Waals surface area contributed by atoms with Crippen LogP contribution in [0.1, 0.15) is 28.8 Å². The van der Waals surface area contributed by atoms with E-state index in [9.17, 15) is 13.2 Å². The van der Waals surface area contributed by atoms with Gasteiger partial charge in [0.1, 0.15) is 0 Å². The number of amides is 1. The molecule has 1 N–H and O–H groups in total. The Morgan fingerprint density at radius 1 is 1.39 bits per heavy atom. The van der Waals surface area contributed by atoms with Crippen molar-refractivity contribution in [3.8, 4) is 0 Å². The zero-order valence-corrected chi connectivity index (χ0v) is 14.4. The van der Waals surface area contributed by atoms with Gasteiger partial charge in [-0.2, -0.15) is 0 Å². The number of aryl methyl sites for hydroxylation is 1. The summed E-state index contributed by atoms with van der Waals surface area (Å²) in [5.74, 6) is 0.183. The fraction of sp³-hybridized carbons (Fsp3) is 0.562. The first-order valence-corrected chi connectivity index (χ1v) is 9.60. The molecule has 7 heteroatoms. The highest BCUT2D eigenvalue weighted by Crippen LogP contribution is 2.28. The normalized spacial score (nSPS) is 23.2. The van der Waals surface area contributed by atoms with Crippen LogP contribution in [-0.2, 0) is 10.0 Å². The topological polar surface area (TPSA) is 69.7 Å². The molecule has 3 rings (SSSR count). The predicted octanol–water partition coefficient (Wildman–Crippen LogP) is 0.969. The van der Waals surface area contributed by atoms with Gasteiger partial charge in [-0.05, 0) is 50.1 Å². The lowest BCUT2D eigenvalue weighted by atomic mass is 10.1. The second-order valence-corrected chi connectivity index (χ2v) is 8.32. The van der Waals surface area contributed by atoms with Gasteiger partial charge in [0, 0.05) is 31.7 Å². The van der Waals surface area contributed by atoms with Crippen LogP contribution in [0.3, 0.4) is 0 Å². The summed E-state index contributed by atoms with van der Waals surface area (Å²) >= 11 is 0. The molecule has 1 aromatic carbocycles. The molecule has 0 saturated carbocycles. The molecule has 126 valence electrons. The van der Waals surface area contributed by atoms with Crippen molar-refractivity contribution in [3.05, 3.63) is 29.3 Å². The van der Waals surface area contributed by atoms with E-state index in [1.165, 1.54) is 4.31 Å². The third kappa shape index (κ3) is 3.07. The van der Waals surface area contributed by atoms with Crippen LogP contribution in [0.5, 0.6) is 0 Å². The van der Waals surface area contributed by atoms with Crippen LogP contribution in [0.4, 0.5) is 5.69 Å². The zero-order valence-electron chi connectivity index (χ0n) is 13.6. The fourth-order valence-electron chi connectivity index (χ4n) is 3.32. The second-order valence-electron chi connectivity index (χ2n) is 6.31. The van der Waals surface area contributed by atoms with Crippen molar-refractivity contribution in [3.63, 3.8) is 0 Å². The van der Waals surface area contributed by atoms with Crippen molar-refractivity contribution >= 4 is 21.6 Å². The SMILES string of the molecule is Cc1cc(C(=O)N(C)C2CCNC2)ccc1N1CCCS1(=O)=O. The molecular formula is C16H23N3O3S. The molecule has 0 spiro atoms. The lowest BCUT2D eigenvalue weighted by Crippen LogP contribution is -2.38. The van der Waals surface area contributed by atoms with Crippen molar-refractivity contribution in [2.45, 2.75) is 25.8 Å². The van der Waals surface area contributed by atoms with E-state index in [1.807, 2.05) is 14.0 Å². The van der Waals surface area contributed by atoms with Gasteiger partial charge >= 0.3 is 0 Å². The summed E-state index contributed by atoms with van der Waals surface area (Å²) in [5, 5.41) is 3.26. The van der Waals surface area contributed by atoms with Gasteiger partial charge in [-0.15, -0.1) is 0 Å². The number of likely N-dealkylation sites (N-methyl/N-ethyl adjacent to an activating group) is 1. The number of hydrogen-bond donors (Lipinski definition) is 1. The molecule has 0 bridgehead atoms. The number of carbonyl (C=O) groups excluding carboxylic acids is 1. The minimum absolute atomic E-state index is 0.0161. The number of hydrogen-bond acceptors (Lipinski definition) is 4. The van der Waals surface area contributed by atoms with Gasteiger partial charge < -0.3 is 10.2 Å². The third-order valence-electron chi connectivity index (χ3n) is 4.71. The smallest absolute Gasteiger partial charge is 0.253 e. The van der Waals surface area contributed by atoms with E-state index >= 15 is 0 Å². The molecule has 2 aliphatic heterocycles. The maximum atomic E-state index is 12.6. The van der Waals surface area contributed by atoms with E-state index in [4.69, 9.17) is 0 Å². The monoisotopic (exact) mass is 337 g/mol. The highest BCUT2D eigenvalue weighted by Gasteiger charge is 2.30. The maximum Gasteiger partial charge on any atom is 0.253 e. The van der Waals surface area contributed by atoms with Crippen LogP contribution >= 0.6 is 0 Å². The average Bonchev–Trinajstić information content (AvgIpc) is 3.15. The molecule has 2 saturated heterocycles. The number of sulfonamides is 1. The summed E-state index contributed by atoms with van der Waals surface area (Å²) in [7, 11) is -1.37. The molecule has 1 atom stereocenters. The van der Waals surface area contributed by atoms with E-state index < -0.39 is 10.0 Å². The summed E-state index contributed by atoms with van der Waals surface area (Å²) < 4.78 is 25.6. The highest BCUT2D eigenvalue weighted by molar-refractivity contribution is 7.93. The number of carbonyl (C=O) groups is 1. The molecule has 0 aromatic heterocycles. The van der Waals surface area contributed by atoms with E-state index in [1.54, 1.807) is 23.1 Å². The van der Waals surface area contributed by atoms with Crippen LogP contribution in [0, 0.1) is 6.92 Å². The quantitative estimate of drug-likeness (QED) is 0.892. The largest absolute Gasteiger partial charge is 0.337 e. The van der Waals surface area contributed by atoms with Gasteiger partial charge in [-0.3, -0.25) is 9.10 Å². The summed E-state index contributed by atoms with van der Waals surface area (Å²) in [4.78, 5) is 14.4. The zero-order chi connectivity index (χ0) is 16.6. The average molecular weight is 337 g/mol. The Morgan fingerprint density at radius 2 is 2.17 bits per heavy atom. The minimum Gasteiger partial charge on any atom is -0.337 e. The predicted molar refractivity (Wildman–Crippen MR) is 90.3 cm³/mol. The molecule has 1 unspecified atom stereocenters. The van der Waals surface area contributed by atoms with Crippen molar-refractivity contribution in [1.82, 2.24) is 10.2 Å². The number of nitrogens with one attached hydrogen (secondary N) is 1. The summed E-state index contributed by atoms with van der Waals surface area (Å²) in [6, 6.07) is 5.51. The molecule has 1 aromatic rings. The standard InChI is InChI=1S/C16H23N3O3S/c1-12-10-13(16(20)18(2)14-6-7-17-11-14)4-5-15(12)19-8-3-9-23(19,21)22/h4-5,10,14,17H,3,6-9,11H2,1-2H3. The molecule has 23 heavy (non-hydrogen) atoms. The first kappa shape index (κ1) is 16.3. The molecule has 2 heterocycles. The Morgan fingerprint density at radius 3 is 2.74 bits per heavy atom. The van der Waals surface area contributed by atoms with Gasteiger partial charge in [0.2, 0.25) is 10.0 Å². The summed E-state index contributed by atoms with van der Waals surface area (Å²) in [6.45, 7) is 4.14. The van der Waals surface area contributed by atoms with Crippen LogP contribution in [-0.4, -0.2) is 57.7 Å². The Labute approximate surface area is 137 Å². The Bertz CT molecular complexity index is 711. The van der Waals surface area contributed by atoms with Gasteiger partial charge in [-0.25, -0.2) is 8.42 Å². The van der Waals surface area contributed by atoms with Crippen LogP contribution in [0.2, 0.25) is 0 Å². The number of anilines is 1. The lowest BCUT2D eigenvalue weighted by molar-refractivity contribution is 0.0743. The molecule has 6 nitrogen and oxygen atoms in total. The van der Waals surface area contributed by atoms with E-state index in [2.05, 4.69) is 5.32 Å². The molecule has 2 fully saturated rings. The second kappa shape index (κ2) is 6.13. The summed E-state index contributed by atoms with van der Waals surface area (Å²) in [6.07, 6.45) is 1.62. The number of nitrogens with zero attached hydrogens (tertiary/aromatic N) is 2. The van der Waals surface area contributed by atoms with Crippen LogP contribution in [0.25, 0.3) is 0 Å². The van der Waals surface area contributed by atoms with Crippen molar-refractivity contribution in [2.24, 2.45) is 0 Å². The van der Waals surface area contributed by atoms with Crippen molar-refractivity contribution in [1.29, 1.82) is 0 Å². The highest BCUT2D eigenvalue weighted by atomic mass is 32.2. The van der Waals surface area contributed by atoms with E-state index in [0.29, 0.717) is 24.2 Å². The summed E-state index contributed by atoms with van der Waals surface area (Å²) in [5.41, 5.74) is 2.11. The van der Waals surface area contributed by atoms with Gasteiger partial charge in [-0.1, -0.05) is 0 Å². The Hall–Kier alpha value is -1.60. The maximum absolute atomic E-state index is 12.6. The van der Waals surface area contributed by atoms with Crippen molar-refractivity contribution < 1.29 is 13.2 Å². The van der Waals surface area contributed by atoms with E-state index in [-0.39, 0.29) is 17.7 Å².